The molecule has 1 saturated heterocycles. The van der Waals surface area contributed by atoms with Crippen molar-refractivity contribution in [2.45, 2.75) is 18.9 Å². The summed E-state index contributed by atoms with van der Waals surface area (Å²) in [5, 5.41) is 14.7. The van der Waals surface area contributed by atoms with Crippen LogP contribution in [0.3, 0.4) is 0 Å². The molecule has 1 fully saturated rings. The third kappa shape index (κ3) is 3.89. The molecule has 1 aliphatic heterocycles. The van der Waals surface area contributed by atoms with E-state index in [2.05, 4.69) is 16.2 Å². The van der Waals surface area contributed by atoms with Crippen LogP contribution in [0.5, 0.6) is 11.5 Å². The molecule has 2 aromatic carbocycles. The molecule has 0 aliphatic carbocycles. The minimum Gasteiger partial charge on any atom is -0.454 e. The van der Waals surface area contributed by atoms with Gasteiger partial charge in [0.2, 0.25) is 0 Å². The molecule has 2 N–H and O–H groups in total. The molecule has 0 amide bonds. The first-order chi connectivity index (χ1) is 16.0. The average molecular weight is 447 g/mol. The molecule has 1 aliphatic rings. The Morgan fingerprint density at radius 1 is 1.12 bits per heavy atom. The smallest absolute Gasteiger partial charge is 0.179 e. The second kappa shape index (κ2) is 8.35. The molecule has 0 saturated carbocycles. The molecule has 0 bridgehead atoms. The van der Waals surface area contributed by atoms with Crippen molar-refractivity contribution in [2.24, 2.45) is 0 Å². The summed E-state index contributed by atoms with van der Waals surface area (Å²) in [7, 11) is 0. The van der Waals surface area contributed by atoms with Crippen molar-refractivity contribution in [1.29, 1.82) is 5.26 Å². The maximum atomic E-state index is 13.9. The second-order valence-corrected chi connectivity index (χ2v) is 7.79. The largest absolute Gasteiger partial charge is 0.454 e. The zero-order chi connectivity index (χ0) is 22.9. The van der Waals surface area contributed by atoms with Gasteiger partial charge in [-0.3, -0.25) is 0 Å². The van der Waals surface area contributed by atoms with Crippen LogP contribution in [0.2, 0.25) is 0 Å². The van der Waals surface area contributed by atoms with Crippen molar-refractivity contribution >= 4 is 16.9 Å². The van der Waals surface area contributed by atoms with E-state index in [-0.39, 0.29) is 11.8 Å². The summed E-state index contributed by atoms with van der Waals surface area (Å²) in [6.45, 7) is 1.28. The lowest BCUT2D eigenvalue weighted by molar-refractivity contribution is 0.236. The fourth-order valence-electron chi connectivity index (χ4n) is 4.06. The fraction of sp³-hybridized carbons (Fsp3) is 0.217. The van der Waals surface area contributed by atoms with Gasteiger partial charge < -0.3 is 15.4 Å². The first-order valence-electron chi connectivity index (χ1n) is 10.4. The monoisotopic (exact) mass is 447 g/mol. The number of benzene rings is 2. The highest BCUT2D eigenvalue weighted by Crippen LogP contribution is 2.35. The van der Waals surface area contributed by atoms with Gasteiger partial charge in [0.1, 0.15) is 29.4 Å². The molecule has 0 unspecified atom stereocenters. The molecule has 10 heteroatoms. The van der Waals surface area contributed by atoms with Gasteiger partial charge in [0.05, 0.1) is 18.0 Å². The fourth-order valence-corrected chi connectivity index (χ4v) is 4.06. The van der Waals surface area contributed by atoms with Crippen LogP contribution in [0.1, 0.15) is 18.9 Å². The number of fused-ring (bicyclic) bond motifs is 1. The number of hydrogen-bond donors (Lipinski definition) is 1. The Balaban J connectivity index is 1.50. The molecule has 0 radical (unpaired) electrons. The Bertz CT molecular complexity index is 1360. The summed E-state index contributed by atoms with van der Waals surface area (Å²) < 4.78 is 34.4. The summed E-state index contributed by atoms with van der Waals surface area (Å²) in [5.74, 6) is -0.839. The molecule has 5 rings (SSSR count). The summed E-state index contributed by atoms with van der Waals surface area (Å²) in [5.41, 5.74) is 8.15. The van der Waals surface area contributed by atoms with Gasteiger partial charge in [-0.2, -0.15) is 10.4 Å². The second-order valence-electron chi connectivity index (χ2n) is 7.79. The Hall–Kier alpha value is -4.26. The predicted octanol–water partition coefficient (Wildman–Crippen LogP) is 4.26. The Morgan fingerprint density at radius 2 is 1.94 bits per heavy atom. The summed E-state index contributed by atoms with van der Waals surface area (Å²) in [4.78, 5) is 10.3. The molecule has 4 aromatic rings. The summed E-state index contributed by atoms with van der Waals surface area (Å²) in [6.07, 6.45) is 5.36. The highest BCUT2D eigenvalue weighted by Gasteiger charge is 2.26. The zero-order valence-corrected chi connectivity index (χ0v) is 17.4. The van der Waals surface area contributed by atoms with Crippen LogP contribution in [0, 0.1) is 23.1 Å². The minimum absolute atomic E-state index is 0.0204. The van der Waals surface area contributed by atoms with Crippen LogP contribution in [0.15, 0.2) is 48.8 Å². The molecule has 1 atom stereocenters. The molecule has 166 valence electrons. The van der Waals surface area contributed by atoms with E-state index in [0.717, 1.165) is 37.1 Å². The Kier molecular flexibility index (Phi) is 5.22. The number of nitriles is 1. The van der Waals surface area contributed by atoms with Crippen molar-refractivity contribution in [3.8, 4) is 28.9 Å². The van der Waals surface area contributed by atoms with E-state index >= 15 is 0 Å². The van der Waals surface area contributed by atoms with Gasteiger partial charge in [0.25, 0.3) is 0 Å². The van der Waals surface area contributed by atoms with Gasteiger partial charge in [-0.15, -0.1) is 0 Å². The third-order valence-electron chi connectivity index (χ3n) is 5.65. The average Bonchev–Trinajstić information content (AvgIpc) is 3.22. The Morgan fingerprint density at radius 3 is 2.70 bits per heavy atom. The van der Waals surface area contributed by atoms with Gasteiger partial charge in [-0.1, -0.05) is 0 Å². The lowest BCUT2D eigenvalue weighted by Gasteiger charge is -2.28. The standard InChI is InChI=1S/C23H19F2N7O/c24-15-5-8-19(18(25)10-15)33-17-6-3-14(4-7-17)21-20-22(27)28-13-29-23(20)32(30-21)16-2-1-9-31(11-16)12-26/h3-8,10,13,16H,1-2,9,11H2,(H2,27,28,29)/t16-/m1/s1. The first kappa shape index (κ1) is 20.6. The number of rotatable bonds is 4. The van der Waals surface area contributed by atoms with Crippen LogP contribution >= 0.6 is 0 Å². The number of anilines is 1. The lowest BCUT2D eigenvalue weighted by Crippen LogP contribution is -2.33. The van der Waals surface area contributed by atoms with E-state index in [1.54, 1.807) is 29.2 Å². The topological polar surface area (TPSA) is 106 Å². The molecule has 3 heterocycles. The number of nitrogen functional groups attached to an aromatic ring is 1. The number of halogens is 2. The number of aromatic nitrogens is 4. The number of hydrogen-bond acceptors (Lipinski definition) is 7. The van der Waals surface area contributed by atoms with Crippen LogP contribution in [-0.2, 0) is 0 Å². The predicted molar refractivity (Wildman–Crippen MR) is 117 cm³/mol. The van der Waals surface area contributed by atoms with Gasteiger partial charge in [-0.05, 0) is 49.2 Å². The molecule has 0 spiro atoms. The van der Waals surface area contributed by atoms with Crippen molar-refractivity contribution in [3.63, 3.8) is 0 Å². The molecular formula is C23H19F2N7O. The number of ether oxygens (including phenoxy) is 1. The molecule has 8 nitrogen and oxygen atoms in total. The highest BCUT2D eigenvalue weighted by atomic mass is 19.1. The van der Waals surface area contributed by atoms with Crippen LogP contribution in [0.4, 0.5) is 14.6 Å². The van der Waals surface area contributed by atoms with E-state index in [0.29, 0.717) is 34.8 Å². The van der Waals surface area contributed by atoms with Crippen LogP contribution < -0.4 is 10.5 Å². The van der Waals surface area contributed by atoms with Crippen molar-refractivity contribution in [2.75, 3.05) is 18.8 Å². The SMILES string of the molecule is N#CN1CCC[C@@H](n2nc(-c3ccc(Oc4ccc(F)cc4F)cc3)c3c(N)ncnc32)C1. The van der Waals surface area contributed by atoms with Crippen molar-refractivity contribution < 1.29 is 13.5 Å². The van der Waals surface area contributed by atoms with Gasteiger partial charge in [0.15, 0.2) is 23.4 Å². The van der Waals surface area contributed by atoms with E-state index in [1.165, 1.54) is 12.4 Å². The van der Waals surface area contributed by atoms with E-state index < -0.39 is 11.6 Å². The van der Waals surface area contributed by atoms with E-state index in [1.807, 2.05) is 4.68 Å². The first-order valence-corrected chi connectivity index (χ1v) is 10.4. The molecule has 33 heavy (non-hydrogen) atoms. The third-order valence-corrected chi connectivity index (χ3v) is 5.65. The molecular weight excluding hydrogens is 428 g/mol. The Labute approximate surface area is 187 Å². The summed E-state index contributed by atoms with van der Waals surface area (Å²) >= 11 is 0. The number of nitrogens with two attached hydrogens (primary N) is 1. The summed E-state index contributed by atoms with van der Waals surface area (Å²) in [6, 6.07) is 10.0. The van der Waals surface area contributed by atoms with Crippen LogP contribution in [0.25, 0.3) is 22.3 Å². The van der Waals surface area contributed by atoms with Gasteiger partial charge in [0, 0.05) is 18.2 Å². The normalized spacial score (nSPS) is 16.0. The maximum absolute atomic E-state index is 13.9. The molecule has 2 aromatic heterocycles. The highest BCUT2D eigenvalue weighted by molar-refractivity contribution is 5.98. The van der Waals surface area contributed by atoms with Gasteiger partial charge in [-0.25, -0.2) is 23.4 Å². The zero-order valence-electron chi connectivity index (χ0n) is 17.4. The van der Waals surface area contributed by atoms with Crippen molar-refractivity contribution in [3.05, 3.63) is 60.4 Å². The maximum Gasteiger partial charge on any atom is 0.179 e. The number of nitrogens with zero attached hydrogens (tertiary/aromatic N) is 6. The minimum atomic E-state index is -0.785. The van der Waals surface area contributed by atoms with E-state index in [4.69, 9.17) is 15.6 Å². The van der Waals surface area contributed by atoms with Crippen molar-refractivity contribution in [1.82, 2.24) is 24.6 Å². The lowest BCUT2D eigenvalue weighted by atomic mass is 10.1. The van der Waals surface area contributed by atoms with E-state index in [9.17, 15) is 14.0 Å². The quantitative estimate of drug-likeness (QED) is 0.466. The number of piperidine rings is 1. The van der Waals surface area contributed by atoms with Crippen LogP contribution in [-0.4, -0.2) is 37.7 Å². The number of likely N-dealkylation sites (tertiary alicyclic amines) is 1. The van der Waals surface area contributed by atoms with Gasteiger partial charge >= 0.3 is 0 Å².